The van der Waals surface area contributed by atoms with E-state index in [0.717, 1.165) is 12.0 Å². The quantitative estimate of drug-likeness (QED) is 0.628. The van der Waals surface area contributed by atoms with Crippen molar-refractivity contribution in [1.82, 2.24) is 9.38 Å². The minimum Gasteiger partial charge on any atom is -0.489 e. The molecule has 0 aliphatic carbocycles. The SMILES string of the molecule is Cc1ccc2nc(COC(=O)c3cc(Cl)c4c(c3)OCCCO4)cc(=O)n2c1. The molecule has 0 radical (unpaired) electrons. The van der Waals surface area contributed by atoms with Crippen LogP contribution in [-0.4, -0.2) is 28.6 Å². The number of halogens is 1. The third-order valence-electron chi connectivity index (χ3n) is 4.25. The fourth-order valence-corrected chi connectivity index (χ4v) is 3.17. The summed E-state index contributed by atoms with van der Waals surface area (Å²) in [6, 6.07) is 7.97. The first kappa shape index (κ1) is 18.3. The number of fused-ring (bicyclic) bond motifs is 2. The van der Waals surface area contributed by atoms with Crippen LogP contribution in [0.3, 0.4) is 0 Å². The fraction of sp³-hybridized carbons (Fsp3) is 0.250. The van der Waals surface area contributed by atoms with Crippen LogP contribution in [0, 0.1) is 6.92 Å². The van der Waals surface area contributed by atoms with Gasteiger partial charge < -0.3 is 14.2 Å². The molecule has 0 amide bonds. The highest BCUT2D eigenvalue weighted by molar-refractivity contribution is 6.32. The number of hydrogen-bond donors (Lipinski definition) is 0. The van der Waals surface area contributed by atoms with E-state index in [1.807, 2.05) is 13.0 Å². The number of esters is 1. The molecule has 28 heavy (non-hydrogen) atoms. The molecule has 0 atom stereocenters. The van der Waals surface area contributed by atoms with E-state index in [1.54, 1.807) is 18.3 Å². The molecule has 0 spiro atoms. The zero-order chi connectivity index (χ0) is 19.7. The molecular formula is C20H17ClN2O5. The summed E-state index contributed by atoms with van der Waals surface area (Å²) in [6.45, 7) is 2.73. The lowest BCUT2D eigenvalue weighted by Crippen LogP contribution is -2.17. The monoisotopic (exact) mass is 400 g/mol. The smallest absolute Gasteiger partial charge is 0.338 e. The van der Waals surface area contributed by atoms with Gasteiger partial charge in [0.05, 0.1) is 29.5 Å². The number of aromatic nitrogens is 2. The third kappa shape index (κ3) is 3.66. The van der Waals surface area contributed by atoms with Gasteiger partial charge in [-0.2, -0.15) is 0 Å². The lowest BCUT2D eigenvalue weighted by molar-refractivity contribution is 0.0467. The van der Waals surface area contributed by atoms with E-state index in [9.17, 15) is 9.59 Å². The number of pyridine rings is 1. The largest absolute Gasteiger partial charge is 0.489 e. The maximum Gasteiger partial charge on any atom is 0.338 e. The topological polar surface area (TPSA) is 79.1 Å². The van der Waals surface area contributed by atoms with Crippen LogP contribution in [0.25, 0.3) is 5.65 Å². The van der Waals surface area contributed by atoms with Crippen LogP contribution in [0.1, 0.15) is 28.0 Å². The van der Waals surface area contributed by atoms with Crippen LogP contribution in [-0.2, 0) is 11.3 Å². The summed E-state index contributed by atoms with van der Waals surface area (Å²) >= 11 is 6.21. The lowest BCUT2D eigenvalue weighted by Gasteiger charge is -2.11. The summed E-state index contributed by atoms with van der Waals surface area (Å²) in [5, 5.41) is 0.281. The van der Waals surface area contributed by atoms with Crippen LogP contribution < -0.4 is 15.0 Å². The maximum atomic E-state index is 12.4. The number of nitrogens with zero attached hydrogens (tertiary/aromatic N) is 2. The van der Waals surface area contributed by atoms with Gasteiger partial charge in [-0.15, -0.1) is 0 Å². The Balaban J connectivity index is 1.54. The highest BCUT2D eigenvalue weighted by Crippen LogP contribution is 2.38. The average Bonchev–Trinajstić information content (AvgIpc) is 2.92. The van der Waals surface area contributed by atoms with Gasteiger partial charge in [0.25, 0.3) is 5.56 Å². The number of benzene rings is 1. The highest BCUT2D eigenvalue weighted by atomic mass is 35.5. The second kappa shape index (κ2) is 7.52. The van der Waals surface area contributed by atoms with Crippen molar-refractivity contribution in [3.63, 3.8) is 0 Å². The molecule has 0 unspecified atom stereocenters. The zero-order valence-corrected chi connectivity index (χ0v) is 15.9. The number of carbonyl (C=O) groups is 1. The Bertz CT molecular complexity index is 1130. The van der Waals surface area contributed by atoms with E-state index in [4.69, 9.17) is 25.8 Å². The van der Waals surface area contributed by atoms with Gasteiger partial charge in [0.2, 0.25) is 0 Å². The minimum absolute atomic E-state index is 0.134. The molecule has 8 heteroatoms. The van der Waals surface area contributed by atoms with Crippen molar-refractivity contribution in [3.8, 4) is 11.5 Å². The van der Waals surface area contributed by atoms with Gasteiger partial charge >= 0.3 is 5.97 Å². The minimum atomic E-state index is -0.594. The van der Waals surface area contributed by atoms with Gasteiger partial charge in [0.15, 0.2) is 11.5 Å². The first-order chi connectivity index (χ1) is 13.5. The Morgan fingerprint density at radius 2 is 2.07 bits per heavy atom. The first-order valence-electron chi connectivity index (χ1n) is 8.76. The summed E-state index contributed by atoms with van der Waals surface area (Å²) in [4.78, 5) is 29.0. The summed E-state index contributed by atoms with van der Waals surface area (Å²) in [5.74, 6) is 0.244. The summed E-state index contributed by atoms with van der Waals surface area (Å²) in [5.41, 5.74) is 1.80. The lowest BCUT2D eigenvalue weighted by atomic mass is 10.2. The average molecular weight is 401 g/mol. The molecule has 0 N–H and O–H groups in total. The predicted octanol–water partition coefficient (Wildman–Crippen LogP) is 3.17. The molecule has 3 aromatic rings. The van der Waals surface area contributed by atoms with E-state index < -0.39 is 5.97 Å². The van der Waals surface area contributed by atoms with E-state index >= 15 is 0 Å². The molecule has 0 saturated carbocycles. The summed E-state index contributed by atoms with van der Waals surface area (Å²) in [7, 11) is 0. The second-order valence-corrected chi connectivity index (χ2v) is 6.84. The Labute approximate surface area is 165 Å². The molecular weight excluding hydrogens is 384 g/mol. The van der Waals surface area contributed by atoms with Gasteiger partial charge in [-0.3, -0.25) is 9.20 Å². The standard InChI is InChI=1S/C20H17ClN2O5/c1-12-3-4-17-22-14(9-18(24)23(17)10-12)11-28-20(25)13-7-15(21)19-16(8-13)26-5-2-6-27-19/h3-4,7-10H,2,5-6,11H2,1H3. The van der Waals surface area contributed by atoms with Crippen molar-refractivity contribution in [2.45, 2.75) is 20.0 Å². The summed E-state index contributed by atoms with van der Waals surface area (Å²) < 4.78 is 17.9. The van der Waals surface area contributed by atoms with E-state index in [-0.39, 0.29) is 22.8 Å². The summed E-state index contributed by atoms with van der Waals surface area (Å²) in [6.07, 6.45) is 2.44. The van der Waals surface area contributed by atoms with Gasteiger partial charge in [0, 0.05) is 18.7 Å². The molecule has 1 aliphatic rings. The molecule has 4 rings (SSSR count). The Kier molecular flexibility index (Phi) is 4.92. The van der Waals surface area contributed by atoms with Gasteiger partial charge in [-0.25, -0.2) is 9.78 Å². The maximum absolute atomic E-state index is 12.4. The second-order valence-electron chi connectivity index (χ2n) is 6.43. The van der Waals surface area contributed by atoms with Crippen molar-refractivity contribution in [3.05, 3.63) is 68.7 Å². The van der Waals surface area contributed by atoms with Gasteiger partial charge in [-0.05, 0) is 30.7 Å². The Morgan fingerprint density at radius 1 is 1.25 bits per heavy atom. The molecule has 0 bridgehead atoms. The third-order valence-corrected chi connectivity index (χ3v) is 4.53. The van der Waals surface area contributed by atoms with E-state index in [0.29, 0.717) is 36.1 Å². The normalized spacial score (nSPS) is 13.2. The van der Waals surface area contributed by atoms with Gasteiger partial charge in [-0.1, -0.05) is 17.7 Å². The van der Waals surface area contributed by atoms with Crippen LogP contribution in [0.5, 0.6) is 11.5 Å². The Hall–Kier alpha value is -3.06. The van der Waals surface area contributed by atoms with Crippen molar-refractivity contribution >= 4 is 23.2 Å². The highest BCUT2D eigenvalue weighted by Gasteiger charge is 2.19. The number of carbonyl (C=O) groups excluding carboxylic acids is 1. The number of hydrogen-bond acceptors (Lipinski definition) is 6. The zero-order valence-electron chi connectivity index (χ0n) is 15.1. The van der Waals surface area contributed by atoms with Crippen LogP contribution >= 0.6 is 11.6 Å². The van der Waals surface area contributed by atoms with Crippen molar-refractivity contribution in [2.75, 3.05) is 13.2 Å². The molecule has 2 aromatic heterocycles. The van der Waals surface area contributed by atoms with Gasteiger partial charge in [0.1, 0.15) is 12.3 Å². The number of ether oxygens (including phenoxy) is 3. The van der Waals surface area contributed by atoms with Crippen molar-refractivity contribution in [1.29, 1.82) is 0 Å². The number of aryl methyl sites for hydroxylation is 1. The van der Waals surface area contributed by atoms with Crippen molar-refractivity contribution in [2.24, 2.45) is 0 Å². The van der Waals surface area contributed by atoms with Crippen LogP contribution in [0.2, 0.25) is 5.02 Å². The first-order valence-corrected chi connectivity index (χ1v) is 9.14. The van der Waals surface area contributed by atoms with Crippen LogP contribution in [0.4, 0.5) is 0 Å². The van der Waals surface area contributed by atoms with E-state index in [2.05, 4.69) is 4.98 Å². The van der Waals surface area contributed by atoms with Crippen molar-refractivity contribution < 1.29 is 19.0 Å². The fourth-order valence-electron chi connectivity index (χ4n) is 2.90. The predicted molar refractivity (Wildman–Crippen MR) is 102 cm³/mol. The molecule has 0 fully saturated rings. The molecule has 144 valence electrons. The van der Waals surface area contributed by atoms with Crippen LogP contribution in [0.15, 0.2) is 41.3 Å². The Morgan fingerprint density at radius 3 is 2.93 bits per heavy atom. The molecule has 3 heterocycles. The number of rotatable bonds is 3. The molecule has 1 aromatic carbocycles. The van der Waals surface area contributed by atoms with E-state index in [1.165, 1.54) is 16.5 Å². The molecule has 7 nitrogen and oxygen atoms in total. The molecule has 1 aliphatic heterocycles. The molecule has 0 saturated heterocycles.